The van der Waals surface area contributed by atoms with Gasteiger partial charge in [0.2, 0.25) is 0 Å². The van der Waals surface area contributed by atoms with E-state index < -0.39 is 0 Å². The number of rotatable bonds is 3. The average Bonchev–Trinajstić information content (AvgIpc) is 3.14. The first-order valence-electron chi connectivity index (χ1n) is 6.78. The molecule has 1 aromatic carbocycles. The van der Waals surface area contributed by atoms with Crippen LogP contribution in [0.1, 0.15) is 18.0 Å². The lowest BCUT2D eigenvalue weighted by molar-refractivity contribution is 0.185. The topological polar surface area (TPSA) is 62.9 Å². The largest absolute Gasteiger partial charge is 0.379 e. The van der Waals surface area contributed by atoms with Gasteiger partial charge in [-0.05, 0) is 18.6 Å². The molecule has 1 fully saturated rings. The van der Waals surface area contributed by atoms with Gasteiger partial charge in [-0.25, -0.2) is 4.68 Å². The van der Waals surface area contributed by atoms with Crippen LogP contribution in [0.2, 0.25) is 0 Å². The number of hydrogen-bond donors (Lipinski definition) is 1. The number of ether oxygens (including phenoxy) is 1. The van der Waals surface area contributed by atoms with Gasteiger partial charge in [-0.3, -0.25) is 0 Å². The minimum absolute atomic E-state index is 0.184. The van der Waals surface area contributed by atoms with Crippen LogP contribution >= 0.6 is 15.9 Å². The maximum Gasteiger partial charge on any atom is 0.143 e. The van der Waals surface area contributed by atoms with Crippen molar-refractivity contribution in [3.05, 3.63) is 34.3 Å². The quantitative estimate of drug-likeness (QED) is 0.926. The summed E-state index contributed by atoms with van der Waals surface area (Å²) < 4.78 is 8.33. The third-order valence-corrected chi connectivity index (χ3v) is 4.16. The van der Waals surface area contributed by atoms with Gasteiger partial charge < -0.3 is 10.1 Å². The molecule has 21 heavy (non-hydrogen) atoms. The van der Waals surface area contributed by atoms with E-state index in [0.717, 1.165) is 28.9 Å². The fourth-order valence-electron chi connectivity index (χ4n) is 2.57. The molecule has 0 aliphatic carbocycles. The van der Waals surface area contributed by atoms with E-state index in [1.807, 2.05) is 36.0 Å². The molecule has 1 N–H and O–H groups in total. The molecule has 0 spiro atoms. The molecule has 6 heteroatoms. The summed E-state index contributed by atoms with van der Waals surface area (Å²) in [6, 6.07) is 10.3. The van der Waals surface area contributed by atoms with Crippen molar-refractivity contribution in [2.75, 3.05) is 25.6 Å². The summed E-state index contributed by atoms with van der Waals surface area (Å²) in [7, 11) is 1.82. The first kappa shape index (κ1) is 14.1. The fourth-order valence-corrected chi connectivity index (χ4v) is 2.83. The van der Waals surface area contributed by atoms with E-state index in [1.54, 1.807) is 0 Å². The highest BCUT2D eigenvalue weighted by Crippen LogP contribution is 2.32. The third-order valence-electron chi connectivity index (χ3n) is 3.63. The van der Waals surface area contributed by atoms with Crippen molar-refractivity contribution < 1.29 is 4.74 Å². The van der Waals surface area contributed by atoms with Gasteiger partial charge in [-0.2, -0.15) is 10.4 Å². The Morgan fingerprint density at radius 1 is 1.43 bits per heavy atom. The second kappa shape index (κ2) is 5.88. The van der Waals surface area contributed by atoms with Crippen LogP contribution in [0.5, 0.6) is 0 Å². The van der Waals surface area contributed by atoms with Crippen LogP contribution in [0.15, 0.2) is 28.7 Å². The van der Waals surface area contributed by atoms with E-state index in [-0.39, 0.29) is 6.04 Å². The maximum absolute atomic E-state index is 9.52. The van der Waals surface area contributed by atoms with Gasteiger partial charge in [0.05, 0.1) is 12.6 Å². The zero-order valence-electron chi connectivity index (χ0n) is 11.6. The Kier molecular flexibility index (Phi) is 3.95. The van der Waals surface area contributed by atoms with Crippen LogP contribution in [-0.4, -0.2) is 30.0 Å². The molecule has 1 saturated heterocycles. The Morgan fingerprint density at radius 2 is 2.19 bits per heavy atom. The van der Waals surface area contributed by atoms with Gasteiger partial charge >= 0.3 is 0 Å². The van der Waals surface area contributed by atoms with Crippen LogP contribution < -0.4 is 5.32 Å². The summed E-state index contributed by atoms with van der Waals surface area (Å²) >= 11 is 3.42. The number of benzene rings is 1. The number of nitrogens with zero attached hydrogens (tertiary/aromatic N) is 3. The molecule has 5 nitrogen and oxygen atoms in total. The Balaban J connectivity index is 2.12. The van der Waals surface area contributed by atoms with E-state index in [9.17, 15) is 5.26 Å². The molecule has 2 aromatic rings. The van der Waals surface area contributed by atoms with E-state index in [4.69, 9.17) is 4.74 Å². The predicted molar refractivity (Wildman–Crippen MR) is 84.1 cm³/mol. The number of nitrogens with one attached hydrogen (secondary N) is 1. The number of halogens is 1. The highest BCUT2D eigenvalue weighted by atomic mass is 79.9. The predicted octanol–water partition coefficient (Wildman–Crippen LogP) is 3.19. The third kappa shape index (κ3) is 2.55. The zero-order valence-corrected chi connectivity index (χ0v) is 13.2. The molecule has 108 valence electrons. The van der Waals surface area contributed by atoms with Gasteiger partial charge in [-0.1, -0.05) is 28.1 Å². The molecular weight excluding hydrogens is 332 g/mol. The zero-order chi connectivity index (χ0) is 14.8. The van der Waals surface area contributed by atoms with Crippen molar-refractivity contribution >= 4 is 21.7 Å². The van der Waals surface area contributed by atoms with Crippen molar-refractivity contribution in [1.82, 2.24) is 9.78 Å². The Labute approximate surface area is 131 Å². The van der Waals surface area contributed by atoms with E-state index in [1.165, 1.54) is 0 Å². The molecule has 0 saturated carbocycles. The highest BCUT2D eigenvalue weighted by molar-refractivity contribution is 9.10. The van der Waals surface area contributed by atoms with Crippen molar-refractivity contribution in [3.63, 3.8) is 0 Å². The molecular formula is C15H15BrN4O. The SMILES string of the molecule is CNc1c(C#N)c(-c2ccc(Br)cc2)nn1C1CCOC1. The molecule has 0 amide bonds. The van der Waals surface area contributed by atoms with Crippen LogP contribution in [-0.2, 0) is 4.74 Å². The monoisotopic (exact) mass is 346 g/mol. The molecule has 2 heterocycles. The smallest absolute Gasteiger partial charge is 0.143 e. The first-order chi connectivity index (χ1) is 10.2. The highest BCUT2D eigenvalue weighted by Gasteiger charge is 2.26. The summed E-state index contributed by atoms with van der Waals surface area (Å²) in [6.45, 7) is 1.38. The summed E-state index contributed by atoms with van der Waals surface area (Å²) in [6.07, 6.45) is 0.918. The second-order valence-electron chi connectivity index (χ2n) is 4.90. The van der Waals surface area contributed by atoms with Crippen molar-refractivity contribution in [2.45, 2.75) is 12.5 Å². The number of aromatic nitrogens is 2. The van der Waals surface area contributed by atoms with Gasteiger partial charge in [-0.15, -0.1) is 0 Å². The molecule has 1 aliphatic heterocycles. The van der Waals surface area contributed by atoms with Crippen LogP contribution in [0.25, 0.3) is 11.3 Å². The Bertz CT molecular complexity index is 681. The lowest BCUT2D eigenvalue weighted by Crippen LogP contribution is -2.13. The van der Waals surface area contributed by atoms with Crippen LogP contribution in [0.3, 0.4) is 0 Å². The number of hydrogen-bond acceptors (Lipinski definition) is 4. The summed E-state index contributed by atoms with van der Waals surface area (Å²) in [4.78, 5) is 0. The Morgan fingerprint density at radius 3 is 2.76 bits per heavy atom. The van der Waals surface area contributed by atoms with Gasteiger partial charge in [0.1, 0.15) is 23.1 Å². The molecule has 0 radical (unpaired) electrons. The summed E-state index contributed by atoms with van der Waals surface area (Å²) in [5.74, 6) is 0.755. The Hall–Kier alpha value is -1.84. The molecule has 1 unspecified atom stereocenters. The number of anilines is 1. The minimum Gasteiger partial charge on any atom is -0.379 e. The van der Waals surface area contributed by atoms with Gasteiger partial charge in [0.15, 0.2) is 0 Å². The van der Waals surface area contributed by atoms with Gasteiger partial charge in [0.25, 0.3) is 0 Å². The lowest BCUT2D eigenvalue weighted by Gasteiger charge is -2.12. The normalized spacial score (nSPS) is 17.7. The van der Waals surface area contributed by atoms with E-state index >= 15 is 0 Å². The molecule has 0 bridgehead atoms. The van der Waals surface area contributed by atoms with E-state index in [2.05, 4.69) is 32.4 Å². The van der Waals surface area contributed by atoms with Crippen molar-refractivity contribution in [1.29, 1.82) is 5.26 Å². The van der Waals surface area contributed by atoms with E-state index in [0.29, 0.717) is 17.9 Å². The standard InChI is InChI=1S/C15H15BrN4O/c1-18-15-13(8-17)14(10-2-4-11(16)5-3-10)19-20(15)12-6-7-21-9-12/h2-5,12,18H,6-7,9H2,1H3. The second-order valence-corrected chi connectivity index (χ2v) is 5.82. The minimum atomic E-state index is 0.184. The molecule has 3 rings (SSSR count). The first-order valence-corrected chi connectivity index (χ1v) is 7.58. The average molecular weight is 347 g/mol. The summed E-state index contributed by atoms with van der Waals surface area (Å²) in [5, 5.41) is 17.3. The molecule has 1 aliphatic rings. The molecule has 1 atom stereocenters. The van der Waals surface area contributed by atoms with Crippen LogP contribution in [0, 0.1) is 11.3 Å². The number of nitriles is 1. The maximum atomic E-state index is 9.52. The molecule has 1 aromatic heterocycles. The summed E-state index contributed by atoms with van der Waals surface area (Å²) in [5.41, 5.74) is 2.22. The fraction of sp³-hybridized carbons (Fsp3) is 0.333. The van der Waals surface area contributed by atoms with Gasteiger partial charge in [0, 0.05) is 23.7 Å². The van der Waals surface area contributed by atoms with Crippen LogP contribution in [0.4, 0.5) is 5.82 Å². The lowest BCUT2D eigenvalue weighted by atomic mass is 10.1. The van der Waals surface area contributed by atoms with Crippen molar-refractivity contribution in [3.8, 4) is 17.3 Å². The van der Waals surface area contributed by atoms with Crippen molar-refractivity contribution in [2.24, 2.45) is 0 Å².